The van der Waals surface area contributed by atoms with E-state index in [1.807, 2.05) is 18.2 Å². The van der Waals surface area contributed by atoms with Crippen LogP contribution in [0.25, 0.3) is 6.08 Å². The highest BCUT2D eigenvalue weighted by Crippen LogP contribution is 2.21. The molecule has 0 atom stereocenters. The highest BCUT2D eigenvalue weighted by Gasteiger charge is 2.13. The molecule has 1 aliphatic heterocycles. The average Bonchev–Trinajstić information content (AvgIpc) is 3.24. The van der Waals surface area contributed by atoms with Crippen LogP contribution in [0.5, 0.6) is 5.75 Å². The molecule has 0 aliphatic carbocycles. The molecule has 8 nitrogen and oxygen atoms in total. The third kappa shape index (κ3) is 8.16. The number of carbonyl (C=O) groups is 1. The molecule has 0 unspecified atom stereocenters. The number of nitrogens with one attached hydrogen (secondary N) is 2. The summed E-state index contributed by atoms with van der Waals surface area (Å²) in [5, 5.41) is 11.6. The SMILES string of the molecule is Cl.Cl.O=C(/C=C/c1cnc(NCCOc2ccccc2CN2CCCC2)cn1)NO. The Hall–Kier alpha value is -2.39. The summed E-state index contributed by atoms with van der Waals surface area (Å²) in [6.07, 6.45) is 8.30. The van der Waals surface area contributed by atoms with Gasteiger partial charge in [0.25, 0.3) is 5.91 Å². The molecule has 3 N–H and O–H groups in total. The molecular formula is C20H27Cl2N5O3. The smallest absolute Gasteiger partial charge is 0.267 e. The van der Waals surface area contributed by atoms with Crippen molar-refractivity contribution in [2.45, 2.75) is 19.4 Å². The lowest BCUT2D eigenvalue weighted by atomic mass is 10.2. The molecule has 30 heavy (non-hydrogen) atoms. The number of likely N-dealkylation sites (tertiary alicyclic amines) is 1. The van der Waals surface area contributed by atoms with Crippen LogP contribution in [0.3, 0.4) is 0 Å². The first-order valence-electron chi connectivity index (χ1n) is 9.36. The Bertz CT molecular complexity index is 799. The molecule has 0 spiro atoms. The van der Waals surface area contributed by atoms with Crippen molar-refractivity contribution >= 4 is 42.6 Å². The molecule has 2 aromatic rings. The molecule has 0 saturated carbocycles. The summed E-state index contributed by atoms with van der Waals surface area (Å²) in [5.41, 5.74) is 3.25. The van der Waals surface area contributed by atoms with E-state index >= 15 is 0 Å². The largest absolute Gasteiger partial charge is 0.491 e. The van der Waals surface area contributed by atoms with E-state index in [9.17, 15) is 4.79 Å². The molecule has 1 aromatic heterocycles. The van der Waals surface area contributed by atoms with Crippen LogP contribution in [0.15, 0.2) is 42.7 Å². The zero-order valence-electron chi connectivity index (χ0n) is 16.5. The first-order valence-corrected chi connectivity index (χ1v) is 9.36. The number of halogens is 2. The van der Waals surface area contributed by atoms with E-state index in [-0.39, 0.29) is 24.8 Å². The molecule has 10 heteroatoms. The number of anilines is 1. The molecule has 164 valence electrons. The van der Waals surface area contributed by atoms with Crippen LogP contribution >= 0.6 is 24.8 Å². The number of rotatable bonds is 9. The van der Waals surface area contributed by atoms with Crippen molar-refractivity contribution < 1.29 is 14.7 Å². The van der Waals surface area contributed by atoms with Gasteiger partial charge in [-0.1, -0.05) is 18.2 Å². The molecule has 1 aromatic carbocycles. The van der Waals surface area contributed by atoms with Gasteiger partial charge in [-0.15, -0.1) is 24.8 Å². The summed E-state index contributed by atoms with van der Waals surface area (Å²) in [6, 6.07) is 8.17. The molecule has 3 rings (SSSR count). The van der Waals surface area contributed by atoms with Gasteiger partial charge in [0.1, 0.15) is 18.2 Å². The summed E-state index contributed by atoms with van der Waals surface area (Å²) in [7, 11) is 0. The predicted octanol–water partition coefficient (Wildman–Crippen LogP) is 2.93. The summed E-state index contributed by atoms with van der Waals surface area (Å²) in [6.45, 7) is 4.35. The van der Waals surface area contributed by atoms with E-state index in [1.165, 1.54) is 42.2 Å². The van der Waals surface area contributed by atoms with Crippen LogP contribution in [0.1, 0.15) is 24.1 Å². The molecule has 1 saturated heterocycles. The second-order valence-corrected chi connectivity index (χ2v) is 6.50. The molecule has 1 aliphatic rings. The van der Waals surface area contributed by atoms with Gasteiger partial charge in [0.2, 0.25) is 0 Å². The van der Waals surface area contributed by atoms with Crippen molar-refractivity contribution in [3.8, 4) is 5.75 Å². The fourth-order valence-corrected chi connectivity index (χ4v) is 3.01. The maximum atomic E-state index is 10.9. The van der Waals surface area contributed by atoms with Gasteiger partial charge >= 0.3 is 0 Å². The van der Waals surface area contributed by atoms with Gasteiger partial charge in [-0.25, -0.2) is 10.5 Å². The molecule has 0 bridgehead atoms. The van der Waals surface area contributed by atoms with Crippen LogP contribution in [-0.4, -0.2) is 52.2 Å². The van der Waals surface area contributed by atoms with Crippen LogP contribution in [0, 0.1) is 0 Å². The summed E-state index contributed by atoms with van der Waals surface area (Å²) < 4.78 is 5.95. The number of carbonyl (C=O) groups excluding carboxylic acids is 1. The summed E-state index contributed by atoms with van der Waals surface area (Å²) in [4.78, 5) is 21.8. The summed E-state index contributed by atoms with van der Waals surface area (Å²) >= 11 is 0. The Balaban J connectivity index is 0.00000225. The van der Waals surface area contributed by atoms with Crippen LogP contribution in [0.4, 0.5) is 5.82 Å². The summed E-state index contributed by atoms with van der Waals surface area (Å²) in [5.74, 6) is 0.925. The number of nitrogens with zero attached hydrogens (tertiary/aromatic N) is 3. The van der Waals surface area contributed by atoms with E-state index in [4.69, 9.17) is 9.94 Å². The molecule has 1 fully saturated rings. The Kier molecular flexibility index (Phi) is 11.8. The normalized spacial score (nSPS) is 13.4. The maximum Gasteiger partial charge on any atom is 0.267 e. The quantitative estimate of drug-likeness (QED) is 0.231. The van der Waals surface area contributed by atoms with Crippen molar-refractivity contribution in [1.82, 2.24) is 20.3 Å². The minimum absolute atomic E-state index is 0. The topological polar surface area (TPSA) is 99.6 Å². The number of hydrogen-bond acceptors (Lipinski definition) is 7. The van der Waals surface area contributed by atoms with Gasteiger partial charge in [-0.2, -0.15) is 0 Å². The first-order chi connectivity index (χ1) is 13.7. The molecule has 2 heterocycles. The molecule has 0 radical (unpaired) electrons. The molecular weight excluding hydrogens is 429 g/mol. The Morgan fingerprint density at radius 2 is 1.93 bits per heavy atom. The van der Waals surface area contributed by atoms with Crippen molar-refractivity contribution in [3.63, 3.8) is 0 Å². The number of hydroxylamine groups is 1. The van der Waals surface area contributed by atoms with Crippen LogP contribution in [-0.2, 0) is 11.3 Å². The van der Waals surface area contributed by atoms with E-state index in [1.54, 1.807) is 6.20 Å². The minimum atomic E-state index is -0.619. The van der Waals surface area contributed by atoms with E-state index in [0.717, 1.165) is 25.4 Å². The van der Waals surface area contributed by atoms with Crippen molar-refractivity contribution in [2.75, 3.05) is 31.6 Å². The van der Waals surface area contributed by atoms with Crippen LogP contribution in [0.2, 0.25) is 0 Å². The Morgan fingerprint density at radius 3 is 2.63 bits per heavy atom. The van der Waals surface area contributed by atoms with Gasteiger partial charge < -0.3 is 10.1 Å². The van der Waals surface area contributed by atoms with Gasteiger partial charge in [0.05, 0.1) is 24.6 Å². The highest BCUT2D eigenvalue weighted by atomic mass is 35.5. The third-order valence-corrected chi connectivity index (χ3v) is 4.42. The van der Waals surface area contributed by atoms with Gasteiger partial charge in [0, 0.05) is 18.2 Å². The fraction of sp³-hybridized carbons (Fsp3) is 0.350. The number of amides is 1. The standard InChI is InChI=1S/C20H25N5O3.2ClH/c26-20(24-27)8-7-17-13-23-19(14-22-17)21-9-12-28-18-6-2-1-5-16(18)15-25-10-3-4-11-25;;/h1-2,5-8,13-14,27H,3-4,9-12,15H2,(H,21,23)(H,24,26);2*1H/b8-7+;;. The number of benzene rings is 1. The zero-order chi connectivity index (χ0) is 19.6. The Labute approximate surface area is 188 Å². The number of para-hydroxylation sites is 1. The van der Waals surface area contributed by atoms with Gasteiger partial charge in [-0.05, 0) is 38.1 Å². The fourth-order valence-electron chi connectivity index (χ4n) is 3.01. The van der Waals surface area contributed by atoms with Crippen molar-refractivity contribution in [3.05, 3.63) is 54.0 Å². The van der Waals surface area contributed by atoms with Crippen molar-refractivity contribution in [1.29, 1.82) is 0 Å². The van der Waals surface area contributed by atoms with Crippen molar-refractivity contribution in [2.24, 2.45) is 0 Å². The minimum Gasteiger partial charge on any atom is -0.491 e. The van der Waals surface area contributed by atoms with Crippen LogP contribution < -0.4 is 15.5 Å². The second kappa shape index (κ2) is 13.8. The number of aromatic nitrogens is 2. The first kappa shape index (κ1) is 25.6. The number of hydrogen-bond donors (Lipinski definition) is 3. The zero-order valence-corrected chi connectivity index (χ0v) is 18.1. The van der Waals surface area contributed by atoms with Gasteiger partial charge in [-0.3, -0.25) is 19.9 Å². The van der Waals surface area contributed by atoms with E-state index in [2.05, 4.69) is 26.3 Å². The Morgan fingerprint density at radius 1 is 1.17 bits per heavy atom. The lowest BCUT2D eigenvalue weighted by molar-refractivity contribution is -0.124. The lowest BCUT2D eigenvalue weighted by Gasteiger charge is -2.17. The maximum absolute atomic E-state index is 10.9. The average molecular weight is 456 g/mol. The van der Waals surface area contributed by atoms with E-state index in [0.29, 0.717) is 24.7 Å². The van der Waals surface area contributed by atoms with Gasteiger partial charge in [0.15, 0.2) is 0 Å². The molecule has 1 amide bonds. The third-order valence-electron chi connectivity index (χ3n) is 4.42. The monoisotopic (exact) mass is 455 g/mol. The second-order valence-electron chi connectivity index (χ2n) is 6.50. The predicted molar refractivity (Wildman–Crippen MR) is 120 cm³/mol. The number of ether oxygens (including phenoxy) is 1. The lowest BCUT2D eigenvalue weighted by Crippen LogP contribution is -2.19. The van der Waals surface area contributed by atoms with E-state index < -0.39 is 5.91 Å². The highest BCUT2D eigenvalue weighted by molar-refractivity contribution is 5.90.